The molecule has 6 nitrogen and oxygen atoms in total. The van der Waals surface area contributed by atoms with Crippen molar-refractivity contribution in [1.82, 2.24) is 0 Å². The quantitative estimate of drug-likeness (QED) is 0.0511. The van der Waals surface area contributed by atoms with Gasteiger partial charge in [0.1, 0.15) is 0 Å². The maximum absolute atomic E-state index is 7.02. The van der Waals surface area contributed by atoms with Gasteiger partial charge in [-0.2, -0.15) is 6.07 Å². The molecule has 0 fully saturated rings. The van der Waals surface area contributed by atoms with E-state index >= 15 is 0 Å². The third kappa shape index (κ3) is 9.31. The number of thioether (sulfide) groups is 4. The molecule has 0 bridgehead atoms. The Morgan fingerprint density at radius 3 is 0.941 bits per heavy atom. The fourth-order valence-electron chi connectivity index (χ4n) is 8.72. The number of rotatable bonds is 12. The van der Waals surface area contributed by atoms with Crippen molar-refractivity contribution in [3.05, 3.63) is 146 Å². The maximum atomic E-state index is 7.02. The molecule has 0 spiro atoms. The molecule has 68 heavy (non-hydrogen) atoms. The summed E-state index contributed by atoms with van der Waals surface area (Å²) in [6.07, 6.45) is 0. The van der Waals surface area contributed by atoms with E-state index in [9.17, 15) is 0 Å². The topological polar surface area (TPSA) is 71.0 Å². The molecule has 2 aromatic heterocycles. The summed E-state index contributed by atoms with van der Waals surface area (Å²) in [4.78, 5) is 4.13. The molecule has 0 aliphatic rings. The molecule has 0 saturated heterocycles. The average Bonchev–Trinajstić information content (AvgIpc) is 3.65. The molecular weight excluding hydrogens is 1170 g/mol. The third-order valence-corrected chi connectivity index (χ3v) is 17.0. The Morgan fingerprint density at radius 1 is 0.412 bits per heavy atom. The molecule has 0 unspecified atom stereocenters. The first kappa shape index (κ1) is 47.9. The van der Waals surface area contributed by atoms with Crippen LogP contribution in [0.3, 0.4) is 0 Å². The van der Waals surface area contributed by atoms with Crippen molar-refractivity contribution in [2.75, 3.05) is 23.0 Å². The molecular formula is C54H43IO6P2PdS4. The molecule has 346 valence electrons. The summed E-state index contributed by atoms with van der Waals surface area (Å²) in [5.74, 6) is 4.29. The first-order valence-electron chi connectivity index (χ1n) is 22.1. The van der Waals surface area contributed by atoms with Crippen molar-refractivity contribution in [2.24, 2.45) is 0 Å². The molecule has 14 heteroatoms. The summed E-state index contributed by atoms with van der Waals surface area (Å²) < 4.78 is 41.7. The monoisotopic (exact) mass is 1210 g/mol. The molecule has 0 amide bonds. The number of fused-ring (bicyclic) bond motifs is 14. The first-order valence-corrected chi connectivity index (χ1v) is 32.9. The Hall–Kier alpha value is -3.79. The summed E-state index contributed by atoms with van der Waals surface area (Å²) in [5, 5.41) is 13.0. The van der Waals surface area contributed by atoms with Crippen LogP contribution in [0, 0.1) is 6.07 Å². The van der Waals surface area contributed by atoms with Crippen LogP contribution < -0.4 is 9.05 Å². The summed E-state index contributed by atoms with van der Waals surface area (Å²) in [6.45, 7) is 8.65. The summed E-state index contributed by atoms with van der Waals surface area (Å²) in [5.41, 5.74) is 3.02. The fraction of sp³-hybridized carbons (Fsp3) is 0.148. The molecule has 11 aromatic rings. The van der Waals surface area contributed by atoms with Crippen LogP contribution in [0.15, 0.2) is 176 Å². The van der Waals surface area contributed by atoms with Gasteiger partial charge < -0.3 is 25.8 Å². The van der Waals surface area contributed by atoms with Crippen molar-refractivity contribution in [2.45, 2.75) is 47.3 Å². The van der Waals surface area contributed by atoms with E-state index in [4.69, 9.17) is 25.8 Å². The van der Waals surface area contributed by atoms with E-state index < -0.39 is 16.5 Å². The second kappa shape index (κ2) is 21.7. The van der Waals surface area contributed by atoms with E-state index in [-0.39, 0.29) is 0 Å². The van der Waals surface area contributed by atoms with Crippen LogP contribution in [-0.4, -0.2) is 23.0 Å². The molecule has 0 radical (unpaired) electrons. The van der Waals surface area contributed by atoms with Gasteiger partial charge in [-0.15, -0.1) is 59.2 Å². The van der Waals surface area contributed by atoms with Crippen LogP contribution in [0.4, 0.5) is 0 Å². The Morgan fingerprint density at radius 2 is 0.676 bits per heavy atom. The Balaban J connectivity index is 0.00000266. The molecule has 0 N–H and O–H groups in total. The molecule has 0 atom stereocenters. The third-order valence-electron chi connectivity index (χ3n) is 11.3. The zero-order chi connectivity index (χ0) is 46.7. The molecule has 2 heterocycles. The van der Waals surface area contributed by atoms with Gasteiger partial charge in [0.25, 0.3) is 0 Å². The Kier molecular flexibility index (Phi) is 15.3. The number of benzene rings is 9. The average molecular weight is 1210 g/mol. The molecule has 0 aliphatic carbocycles. The van der Waals surface area contributed by atoms with Crippen LogP contribution in [0.1, 0.15) is 27.7 Å². The van der Waals surface area contributed by atoms with Gasteiger partial charge in [0.15, 0.2) is 22.3 Å². The van der Waals surface area contributed by atoms with Gasteiger partial charge in [0.2, 0.25) is 0 Å². The standard InChI is InChI=1S/C54H43O6P2S4.HI.Pd/c1-5-63-43-28-33-18-9-13-24-39(33)47-48-40-25-14-10-19-34(40)29-44(64-6-2)52(48)58-61(57-51(43)47)55-37-22-17-23-38(32-37)56-62-59-53-45(65-7-3)30-35-20-11-15-26-41(35)49(53)50-42-27-16-12-21-36(42)31-46(66-8-4)54(50)60-62;;/h9-31H,5-8H2,1-4H3;1H;/q-1;;+2/p-1. The van der Waals surface area contributed by atoms with Crippen molar-refractivity contribution in [3.63, 3.8) is 0 Å². The predicted octanol–water partition coefficient (Wildman–Crippen LogP) is 20.3. The van der Waals surface area contributed by atoms with E-state index in [0.717, 1.165) is 130 Å². The fourth-order valence-corrected chi connectivity index (χ4v) is 14.3. The van der Waals surface area contributed by atoms with Crippen LogP contribution >= 0.6 is 83.0 Å². The van der Waals surface area contributed by atoms with Crippen molar-refractivity contribution in [1.29, 1.82) is 0 Å². The van der Waals surface area contributed by atoms with Gasteiger partial charge in [0, 0.05) is 33.0 Å². The number of hydrogen-bond acceptors (Lipinski definition) is 10. The minimum absolute atomic E-state index is 0.409. The van der Waals surface area contributed by atoms with Crippen LogP contribution in [0.25, 0.3) is 87.0 Å². The van der Waals surface area contributed by atoms with Crippen LogP contribution in [0.5, 0.6) is 11.5 Å². The minimum atomic E-state index is -2.05. The van der Waals surface area contributed by atoms with Gasteiger partial charge in [-0.1, -0.05) is 131 Å². The second-order valence-electron chi connectivity index (χ2n) is 15.3. The van der Waals surface area contributed by atoms with Gasteiger partial charge in [0.05, 0.1) is 19.6 Å². The Bertz CT molecular complexity index is 3320. The van der Waals surface area contributed by atoms with Gasteiger partial charge in [-0.3, -0.25) is 0 Å². The van der Waals surface area contributed by atoms with Gasteiger partial charge >= 0.3 is 51.6 Å². The number of hydrogen-bond donors (Lipinski definition) is 0. The summed E-state index contributed by atoms with van der Waals surface area (Å²) in [6, 6.07) is 52.0. The van der Waals surface area contributed by atoms with Crippen molar-refractivity contribution < 1.29 is 41.4 Å². The second-order valence-corrected chi connectivity index (χ2v) is 22.5. The van der Waals surface area contributed by atoms with E-state index in [2.05, 4.69) is 171 Å². The molecule has 0 saturated carbocycles. The van der Waals surface area contributed by atoms with E-state index in [1.54, 1.807) is 47.0 Å². The van der Waals surface area contributed by atoms with E-state index in [1.807, 2.05) is 37.7 Å². The van der Waals surface area contributed by atoms with E-state index in [1.165, 1.54) is 0 Å². The number of halogens is 1. The van der Waals surface area contributed by atoms with Gasteiger partial charge in [-0.25, -0.2) is 0 Å². The van der Waals surface area contributed by atoms with E-state index in [0.29, 0.717) is 11.5 Å². The first-order chi connectivity index (χ1) is 33.5. The normalized spacial score (nSPS) is 11.6. The molecule has 0 aliphatic heterocycles. The SMILES string of the molecule is CCSc1cc2ccccc2c2c1op(Oc1[c-]c(Op3oc4c(SCC)cc5ccccc5c4c4c(o3)c(SCC)cc3ccccc34)ccc1)oc1c(SCC)cc3ccccc3c12.[Pd+][I]. The molecule has 9 aromatic carbocycles. The predicted molar refractivity (Wildman–Crippen MR) is 300 cm³/mol. The van der Waals surface area contributed by atoms with Crippen molar-refractivity contribution in [3.8, 4) is 11.5 Å². The summed E-state index contributed by atoms with van der Waals surface area (Å²) in [7, 11) is -4.09. The molecule has 11 rings (SSSR count). The zero-order valence-corrected chi connectivity index (χ0v) is 46.0. The van der Waals surface area contributed by atoms with Crippen LogP contribution in [-0.2, 0) is 15.6 Å². The van der Waals surface area contributed by atoms with Gasteiger partial charge in [-0.05, 0) is 90.4 Å². The van der Waals surface area contributed by atoms with Crippen LogP contribution in [0.2, 0.25) is 0 Å². The zero-order valence-electron chi connectivity index (χ0n) is 37.3. The Labute approximate surface area is 434 Å². The summed E-state index contributed by atoms with van der Waals surface area (Å²) >= 11 is 11.7. The van der Waals surface area contributed by atoms with Crippen molar-refractivity contribution >= 4 is 170 Å².